The van der Waals surface area contributed by atoms with E-state index in [9.17, 15) is 10.1 Å². The average molecular weight is 271 g/mol. The number of para-hydroxylation sites is 1. The second kappa shape index (κ2) is 6.02. The Labute approximate surface area is 110 Å². The third-order valence-corrected chi connectivity index (χ3v) is 3.33. The van der Waals surface area contributed by atoms with Crippen LogP contribution in [-0.4, -0.2) is 24.7 Å². The van der Waals surface area contributed by atoms with Gasteiger partial charge in [-0.3, -0.25) is 10.1 Å². The number of hydrogen-bond acceptors (Lipinski definition) is 4. The summed E-state index contributed by atoms with van der Waals surface area (Å²) in [7, 11) is 0. The highest BCUT2D eigenvalue weighted by Crippen LogP contribution is 2.32. The summed E-state index contributed by atoms with van der Waals surface area (Å²) in [5.41, 5.74) is 0.411. The number of hydrogen-bond donors (Lipinski definition) is 1. The van der Waals surface area contributed by atoms with E-state index in [0.29, 0.717) is 29.8 Å². The number of rotatable bonds is 4. The van der Waals surface area contributed by atoms with E-state index >= 15 is 0 Å². The highest BCUT2D eigenvalue weighted by atomic mass is 35.5. The molecule has 5 nitrogen and oxygen atoms in total. The van der Waals surface area contributed by atoms with Crippen LogP contribution in [0.25, 0.3) is 0 Å². The lowest BCUT2D eigenvalue weighted by atomic mass is 10.0. The topological polar surface area (TPSA) is 64.4 Å². The van der Waals surface area contributed by atoms with Gasteiger partial charge in [-0.05, 0) is 24.8 Å². The smallest absolute Gasteiger partial charge is 0.293 e. The summed E-state index contributed by atoms with van der Waals surface area (Å²) in [6.45, 7) is 2.15. The molecule has 1 fully saturated rings. The monoisotopic (exact) mass is 270 g/mol. The molecule has 0 spiro atoms. The summed E-state index contributed by atoms with van der Waals surface area (Å²) in [5, 5.41) is 14.4. The molecule has 1 aliphatic heterocycles. The van der Waals surface area contributed by atoms with E-state index in [1.807, 2.05) is 0 Å². The van der Waals surface area contributed by atoms with Crippen molar-refractivity contribution >= 4 is 23.0 Å². The second-order valence-electron chi connectivity index (χ2n) is 4.36. The predicted molar refractivity (Wildman–Crippen MR) is 70.1 cm³/mol. The zero-order chi connectivity index (χ0) is 13.0. The van der Waals surface area contributed by atoms with E-state index < -0.39 is 4.92 Å². The van der Waals surface area contributed by atoms with E-state index in [4.69, 9.17) is 16.3 Å². The lowest BCUT2D eigenvalue weighted by molar-refractivity contribution is -0.383. The zero-order valence-corrected chi connectivity index (χ0v) is 10.7. The highest BCUT2D eigenvalue weighted by molar-refractivity contribution is 6.33. The predicted octanol–water partition coefficient (Wildman–Crippen LogP) is 3.09. The van der Waals surface area contributed by atoms with Crippen LogP contribution in [0.2, 0.25) is 5.02 Å². The maximum Gasteiger partial charge on any atom is 0.293 e. The van der Waals surface area contributed by atoms with Crippen molar-refractivity contribution < 1.29 is 9.66 Å². The van der Waals surface area contributed by atoms with Crippen LogP contribution in [0.3, 0.4) is 0 Å². The SMILES string of the molecule is O=[N+]([O-])c1cccc(Cl)c1NCC1CCCOC1. The lowest BCUT2D eigenvalue weighted by Gasteiger charge is -2.22. The van der Waals surface area contributed by atoms with Crippen molar-refractivity contribution in [3.8, 4) is 0 Å². The van der Waals surface area contributed by atoms with E-state index in [1.165, 1.54) is 6.07 Å². The van der Waals surface area contributed by atoms with E-state index in [-0.39, 0.29) is 5.69 Å². The largest absolute Gasteiger partial charge is 0.381 e. The number of nitro benzene ring substituents is 1. The Morgan fingerprint density at radius 2 is 2.39 bits per heavy atom. The van der Waals surface area contributed by atoms with Crippen molar-refractivity contribution in [2.45, 2.75) is 12.8 Å². The Bertz CT molecular complexity index is 433. The molecule has 0 amide bonds. The molecule has 1 saturated heterocycles. The molecule has 0 radical (unpaired) electrons. The van der Waals surface area contributed by atoms with E-state index in [1.54, 1.807) is 12.1 Å². The Hall–Kier alpha value is -1.33. The Morgan fingerprint density at radius 1 is 1.56 bits per heavy atom. The van der Waals surface area contributed by atoms with Gasteiger partial charge in [-0.25, -0.2) is 0 Å². The normalized spacial score (nSPS) is 19.5. The molecule has 1 unspecified atom stereocenters. The number of nitro groups is 1. The van der Waals surface area contributed by atoms with Gasteiger partial charge in [0.1, 0.15) is 5.69 Å². The summed E-state index contributed by atoms with van der Waals surface area (Å²) in [4.78, 5) is 10.5. The number of nitrogens with one attached hydrogen (secondary N) is 1. The van der Waals surface area contributed by atoms with Gasteiger partial charge in [0, 0.05) is 19.2 Å². The molecule has 6 heteroatoms. The van der Waals surface area contributed by atoms with Crippen LogP contribution in [0.4, 0.5) is 11.4 Å². The minimum atomic E-state index is -0.425. The van der Waals surface area contributed by atoms with Crippen LogP contribution in [0.15, 0.2) is 18.2 Å². The fourth-order valence-electron chi connectivity index (χ4n) is 2.05. The molecule has 1 aromatic rings. The van der Waals surface area contributed by atoms with Gasteiger partial charge in [0.25, 0.3) is 5.69 Å². The third-order valence-electron chi connectivity index (χ3n) is 3.01. The van der Waals surface area contributed by atoms with Gasteiger partial charge in [0.2, 0.25) is 0 Å². The first-order valence-electron chi connectivity index (χ1n) is 5.93. The van der Waals surface area contributed by atoms with Gasteiger partial charge >= 0.3 is 0 Å². The fourth-order valence-corrected chi connectivity index (χ4v) is 2.29. The van der Waals surface area contributed by atoms with Crippen LogP contribution in [0, 0.1) is 16.0 Å². The quantitative estimate of drug-likeness (QED) is 0.674. The molecular weight excluding hydrogens is 256 g/mol. The summed E-state index contributed by atoms with van der Waals surface area (Å²) in [6, 6.07) is 4.68. The van der Waals surface area contributed by atoms with Crippen molar-refractivity contribution in [1.82, 2.24) is 0 Å². The Kier molecular flexibility index (Phi) is 4.38. The van der Waals surface area contributed by atoms with Crippen LogP contribution in [-0.2, 0) is 4.74 Å². The molecule has 2 rings (SSSR count). The lowest BCUT2D eigenvalue weighted by Crippen LogP contribution is -2.24. The van der Waals surface area contributed by atoms with Crippen LogP contribution < -0.4 is 5.32 Å². The average Bonchev–Trinajstić information content (AvgIpc) is 2.38. The molecule has 1 N–H and O–H groups in total. The molecular formula is C12H15ClN2O3. The Balaban J connectivity index is 2.05. The third kappa shape index (κ3) is 3.11. The molecule has 0 aromatic heterocycles. The van der Waals surface area contributed by atoms with Crippen molar-refractivity contribution in [2.75, 3.05) is 25.1 Å². The van der Waals surface area contributed by atoms with E-state index in [0.717, 1.165) is 19.4 Å². The van der Waals surface area contributed by atoms with Gasteiger partial charge in [0.15, 0.2) is 0 Å². The number of nitrogens with zero attached hydrogens (tertiary/aromatic N) is 1. The molecule has 1 atom stereocenters. The van der Waals surface area contributed by atoms with Crippen LogP contribution in [0.1, 0.15) is 12.8 Å². The fraction of sp³-hybridized carbons (Fsp3) is 0.500. The maximum absolute atomic E-state index is 10.9. The second-order valence-corrected chi connectivity index (χ2v) is 4.76. The molecule has 1 heterocycles. The molecule has 18 heavy (non-hydrogen) atoms. The van der Waals surface area contributed by atoms with E-state index in [2.05, 4.69) is 5.32 Å². The maximum atomic E-state index is 10.9. The van der Waals surface area contributed by atoms with Crippen LogP contribution in [0.5, 0.6) is 0 Å². The number of anilines is 1. The van der Waals surface area contributed by atoms with Gasteiger partial charge in [0.05, 0.1) is 16.6 Å². The highest BCUT2D eigenvalue weighted by Gasteiger charge is 2.19. The molecule has 0 saturated carbocycles. The van der Waals surface area contributed by atoms with Crippen molar-refractivity contribution in [1.29, 1.82) is 0 Å². The number of halogens is 1. The molecule has 98 valence electrons. The van der Waals surface area contributed by atoms with Gasteiger partial charge in [-0.1, -0.05) is 17.7 Å². The molecule has 0 aliphatic carbocycles. The standard InChI is InChI=1S/C12H15ClN2O3/c13-10-4-1-5-11(15(16)17)12(10)14-7-9-3-2-6-18-8-9/h1,4-5,9,14H,2-3,6-8H2. The first-order chi connectivity index (χ1) is 8.68. The van der Waals surface area contributed by atoms with Gasteiger partial charge < -0.3 is 10.1 Å². The minimum Gasteiger partial charge on any atom is -0.381 e. The zero-order valence-electron chi connectivity index (χ0n) is 9.89. The first kappa shape index (κ1) is 13.1. The summed E-state index contributed by atoms with van der Waals surface area (Å²) >= 11 is 5.99. The molecule has 0 bridgehead atoms. The molecule has 1 aromatic carbocycles. The number of ether oxygens (including phenoxy) is 1. The summed E-state index contributed by atoms with van der Waals surface area (Å²) < 4.78 is 5.37. The number of benzene rings is 1. The van der Waals surface area contributed by atoms with Gasteiger partial charge in [-0.15, -0.1) is 0 Å². The first-order valence-corrected chi connectivity index (χ1v) is 6.31. The minimum absolute atomic E-state index is 0.0132. The van der Waals surface area contributed by atoms with Crippen LogP contribution >= 0.6 is 11.6 Å². The Morgan fingerprint density at radius 3 is 3.06 bits per heavy atom. The van der Waals surface area contributed by atoms with Crippen molar-refractivity contribution in [2.24, 2.45) is 5.92 Å². The summed E-state index contributed by atoms with van der Waals surface area (Å²) in [5.74, 6) is 0.384. The van der Waals surface area contributed by atoms with Crippen molar-refractivity contribution in [3.05, 3.63) is 33.3 Å². The van der Waals surface area contributed by atoms with Gasteiger partial charge in [-0.2, -0.15) is 0 Å². The van der Waals surface area contributed by atoms with Crippen molar-refractivity contribution in [3.63, 3.8) is 0 Å². The summed E-state index contributed by atoms with van der Waals surface area (Å²) in [6.07, 6.45) is 2.11. The molecule has 1 aliphatic rings.